The Balaban J connectivity index is 1.28. The second kappa shape index (κ2) is 8.67. The molecular formula is C19H30N6O3. The molecule has 154 valence electrons. The van der Waals surface area contributed by atoms with Gasteiger partial charge in [-0.15, -0.1) is 10.2 Å². The van der Waals surface area contributed by atoms with Gasteiger partial charge in [0.15, 0.2) is 0 Å². The van der Waals surface area contributed by atoms with Gasteiger partial charge < -0.3 is 15.3 Å². The summed E-state index contributed by atoms with van der Waals surface area (Å²) in [6.07, 6.45) is 9.81. The van der Waals surface area contributed by atoms with E-state index in [1.807, 2.05) is 12.4 Å². The number of aromatic nitrogens is 6. The van der Waals surface area contributed by atoms with Crippen LogP contribution in [-0.2, 0) is 13.1 Å². The van der Waals surface area contributed by atoms with Crippen LogP contribution in [0.15, 0.2) is 12.4 Å². The third kappa shape index (κ3) is 4.76. The van der Waals surface area contributed by atoms with Crippen LogP contribution in [0.4, 0.5) is 0 Å². The molecule has 0 spiro atoms. The van der Waals surface area contributed by atoms with Gasteiger partial charge in [0.2, 0.25) is 0 Å². The van der Waals surface area contributed by atoms with Crippen LogP contribution in [0.5, 0.6) is 0 Å². The highest BCUT2D eigenvalue weighted by Gasteiger charge is 2.24. The molecular weight excluding hydrogens is 360 g/mol. The number of nitrogens with zero attached hydrogens (tertiary/aromatic N) is 6. The largest absolute Gasteiger partial charge is 0.393 e. The van der Waals surface area contributed by atoms with Gasteiger partial charge in [-0.25, -0.2) is 9.36 Å². The predicted molar refractivity (Wildman–Crippen MR) is 100 cm³/mol. The average molecular weight is 390 g/mol. The molecule has 28 heavy (non-hydrogen) atoms. The molecule has 2 aromatic heterocycles. The van der Waals surface area contributed by atoms with Crippen LogP contribution < -0.4 is 0 Å². The first-order valence-electron chi connectivity index (χ1n) is 10.4. The van der Waals surface area contributed by atoms with Crippen molar-refractivity contribution in [1.29, 1.82) is 0 Å². The van der Waals surface area contributed by atoms with E-state index in [1.165, 1.54) is 0 Å². The fourth-order valence-corrected chi connectivity index (χ4v) is 4.41. The zero-order chi connectivity index (χ0) is 19.5. The SMILES string of the molecule is OC1CCC(c2cn(CC(O)Cn3cc(C4CCC(O)CC4)nn3)nn2)CC1. The summed E-state index contributed by atoms with van der Waals surface area (Å²) in [6, 6.07) is 0. The maximum Gasteiger partial charge on any atom is 0.0932 e. The van der Waals surface area contributed by atoms with Gasteiger partial charge in [-0.1, -0.05) is 10.4 Å². The van der Waals surface area contributed by atoms with Crippen molar-refractivity contribution in [3.63, 3.8) is 0 Å². The lowest BCUT2D eigenvalue weighted by Gasteiger charge is -2.23. The van der Waals surface area contributed by atoms with E-state index in [0.29, 0.717) is 24.9 Å². The standard InChI is InChI=1S/C19H30N6O3/c26-15-5-1-13(2-6-15)18-11-24(22-20-18)9-17(28)10-25-12-19(21-23-25)14-3-7-16(27)8-4-14/h11-17,26-28H,1-10H2. The van der Waals surface area contributed by atoms with Crippen molar-refractivity contribution in [2.45, 2.75) is 94.6 Å². The monoisotopic (exact) mass is 390 g/mol. The van der Waals surface area contributed by atoms with E-state index in [-0.39, 0.29) is 12.2 Å². The smallest absolute Gasteiger partial charge is 0.0932 e. The Labute approximate surface area is 164 Å². The molecule has 3 N–H and O–H groups in total. The molecule has 2 aliphatic rings. The van der Waals surface area contributed by atoms with Gasteiger partial charge in [-0.05, 0) is 51.4 Å². The van der Waals surface area contributed by atoms with E-state index < -0.39 is 6.10 Å². The molecule has 2 aromatic rings. The first-order chi connectivity index (χ1) is 13.6. The summed E-state index contributed by atoms with van der Waals surface area (Å²) in [5.41, 5.74) is 1.89. The van der Waals surface area contributed by atoms with Crippen molar-refractivity contribution in [2.75, 3.05) is 0 Å². The maximum absolute atomic E-state index is 10.4. The molecule has 0 saturated heterocycles. The van der Waals surface area contributed by atoms with Gasteiger partial charge in [0.1, 0.15) is 0 Å². The first-order valence-corrected chi connectivity index (χ1v) is 10.4. The topological polar surface area (TPSA) is 122 Å². The Bertz CT molecular complexity index is 684. The molecule has 0 aliphatic heterocycles. The summed E-state index contributed by atoms with van der Waals surface area (Å²) in [7, 11) is 0. The Morgan fingerprint density at radius 1 is 0.750 bits per heavy atom. The minimum atomic E-state index is -0.634. The van der Waals surface area contributed by atoms with Crippen LogP contribution in [0.25, 0.3) is 0 Å². The number of hydrogen-bond acceptors (Lipinski definition) is 7. The van der Waals surface area contributed by atoms with Gasteiger partial charge in [0, 0.05) is 24.2 Å². The highest BCUT2D eigenvalue weighted by molar-refractivity contribution is 5.05. The summed E-state index contributed by atoms with van der Waals surface area (Å²) >= 11 is 0. The van der Waals surface area contributed by atoms with Crippen molar-refractivity contribution in [2.24, 2.45) is 0 Å². The minimum absolute atomic E-state index is 0.181. The molecule has 0 amide bonds. The summed E-state index contributed by atoms with van der Waals surface area (Å²) < 4.78 is 3.37. The van der Waals surface area contributed by atoms with Crippen LogP contribution in [0.1, 0.15) is 74.6 Å². The fraction of sp³-hybridized carbons (Fsp3) is 0.789. The van der Waals surface area contributed by atoms with Crippen LogP contribution in [-0.4, -0.2) is 63.6 Å². The van der Waals surface area contributed by atoms with Crippen molar-refractivity contribution in [3.05, 3.63) is 23.8 Å². The predicted octanol–water partition coefficient (Wildman–Crippen LogP) is 0.968. The van der Waals surface area contributed by atoms with Gasteiger partial charge in [-0.3, -0.25) is 0 Å². The molecule has 2 fully saturated rings. The van der Waals surface area contributed by atoms with Crippen LogP contribution in [0.3, 0.4) is 0 Å². The molecule has 0 bridgehead atoms. The molecule has 4 rings (SSSR count). The third-order valence-electron chi connectivity index (χ3n) is 6.14. The van der Waals surface area contributed by atoms with Crippen LogP contribution in [0, 0.1) is 0 Å². The normalized spacial score (nSPS) is 29.7. The van der Waals surface area contributed by atoms with Crippen molar-refractivity contribution in [3.8, 4) is 0 Å². The lowest BCUT2D eigenvalue weighted by atomic mass is 9.86. The quantitative estimate of drug-likeness (QED) is 0.672. The van der Waals surface area contributed by atoms with E-state index in [0.717, 1.165) is 62.8 Å². The lowest BCUT2D eigenvalue weighted by Crippen LogP contribution is -2.23. The van der Waals surface area contributed by atoms with E-state index >= 15 is 0 Å². The highest BCUT2D eigenvalue weighted by atomic mass is 16.3. The number of aliphatic hydroxyl groups excluding tert-OH is 3. The molecule has 2 saturated carbocycles. The van der Waals surface area contributed by atoms with Crippen LogP contribution in [0.2, 0.25) is 0 Å². The zero-order valence-electron chi connectivity index (χ0n) is 16.1. The molecule has 0 unspecified atom stereocenters. The molecule has 2 heterocycles. The van der Waals surface area contributed by atoms with E-state index in [9.17, 15) is 15.3 Å². The zero-order valence-corrected chi connectivity index (χ0v) is 16.1. The Kier molecular flexibility index (Phi) is 6.03. The van der Waals surface area contributed by atoms with Crippen molar-refractivity contribution >= 4 is 0 Å². The lowest BCUT2D eigenvalue weighted by molar-refractivity contribution is 0.121. The maximum atomic E-state index is 10.4. The third-order valence-corrected chi connectivity index (χ3v) is 6.14. The molecule has 0 radical (unpaired) electrons. The number of hydrogen-bond donors (Lipinski definition) is 3. The average Bonchev–Trinajstić information content (AvgIpc) is 3.33. The van der Waals surface area contributed by atoms with Gasteiger partial charge in [-0.2, -0.15) is 0 Å². The Morgan fingerprint density at radius 2 is 1.14 bits per heavy atom. The number of rotatable bonds is 6. The van der Waals surface area contributed by atoms with Gasteiger partial charge in [0.05, 0.1) is 42.8 Å². The Hall–Kier alpha value is -1.84. The van der Waals surface area contributed by atoms with Crippen molar-refractivity contribution < 1.29 is 15.3 Å². The second-order valence-corrected chi connectivity index (χ2v) is 8.40. The molecule has 0 atom stereocenters. The van der Waals surface area contributed by atoms with E-state index in [4.69, 9.17) is 0 Å². The summed E-state index contributed by atoms with van der Waals surface area (Å²) in [5, 5.41) is 46.5. The van der Waals surface area contributed by atoms with E-state index in [1.54, 1.807) is 9.36 Å². The highest BCUT2D eigenvalue weighted by Crippen LogP contribution is 2.32. The second-order valence-electron chi connectivity index (χ2n) is 8.40. The summed E-state index contributed by atoms with van der Waals surface area (Å²) in [4.78, 5) is 0. The summed E-state index contributed by atoms with van der Waals surface area (Å²) in [6.45, 7) is 0.709. The molecule has 2 aliphatic carbocycles. The van der Waals surface area contributed by atoms with Gasteiger partial charge >= 0.3 is 0 Å². The molecule has 9 heteroatoms. The minimum Gasteiger partial charge on any atom is -0.393 e. The first kappa shape index (κ1) is 19.5. The van der Waals surface area contributed by atoms with E-state index in [2.05, 4.69) is 20.6 Å². The molecule has 9 nitrogen and oxygen atoms in total. The Morgan fingerprint density at radius 3 is 1.54 bits per heavy atom. The van der Waals surface area contributed by atoms with Gasteiger partial charge in [0.25, 0.3) is 0 Å². The van der Waals surface area contributed by atoms with Crippen molar-refractivity contribution in [1.82, 2.24) is 30.0 Å². The summed E-state index contributed by atoms with van der Waals surface area (Å²) in [5.74, 6) is 0.697. The molecule has 0 aromatic carbocycles. The number of aliphatic hydroxyl groups is 3. The van der Waals surface area contributed by atoms with Crippen LogP contribution >= 0.6 is 0 Å². The fourth-order valence-electron chi connectivity index (χ4n) is 4.41.